The topological polar surface area (TPSA) is 65.5 Å². The third kappa shape index (κ3) is 2.33. The molecule has 1 aromatic carbocycles. The standard InChI is InChI=1S/C16H20N4/c1-10(17)7-13(18)11-8-12(11)15-9-20(2)16-6-4-3-5-14(16)19-15/h3-7,11-12,18H,8-9,17H2,1-2H3/b10-7-,18-13?/t11-,12-/m1/s1. The van der Waals surface area contributed by atoms with E-state index in [1.807, 2.05) is 19.1 Å². The van der Waals surface area contributed by atoms with Crippen molar-refractivity contribution < 1.29 is 0 Å². The molecule has 1 aliphatic carbocycles. The molecule has 0 saturated heterocycles. The summed E-state index contributed by atoms with van der Waals surface area (Å²) in [6.07, 6.45) is 2.79. The van der Waals surface area contributed by atoms with E-state index >= 15 is 0 Å². The van der Waals surface area contributed by atoms with E-state index < -0.39 is 0 Å². The van der Waals surface area contributed by atoms with Gasteiger partial charge in [0.2, 0.25) is 0 Å². The predicted molar refractivity (Wildman–Crippen MR) is 84.1 cm³/mol. The van der Waals surface area contributed by atoms with E-state index in [-0.39, 0.29) is 0 Å². The molecule has 0 unspecified atom stereocenters. The second-order valence-corrected chi connectivity index (χ2v) is 5.74. The van der Waals surface area contributed by atoms with Gasteiger partial charge >= 0.3 is 0 Å². The summed E-state index contributed by atoms with van der Waals surface area (Å²) in [5, 5.41) is 8.06. The molecule has 0 amide bonds. The second kappa shape index (κ2) is 4.78. The first-order chi connectivity index (χ1) is 9.56. The maximum atomic E-state index is 8.06. The Bertz CT molecular complexity index is 611. The largest absolute Gasteiger partial charge is 0.402 e. The zero-order chi connectivity index (χ0) is 14.3. The summed E-state index contributed by atoms with van der Waals surface area (Å²) >= 11 is 0. The van der Waals surface area contributed by atoms with Crippen molar-refractivity contribution >= 4 is 22.8 Å². The number of rotatable bonds is 3. The number of nitrogens with zero attached hydrogens (tertiary/aromatic N) is 2. The summed E-state index contributed by atoms with van der Waals surface area (Å²) in [6, 6.07) is 8.21. The molecule has 4 nitrogen and oxygen atoms in total. The molecule has 1 aromatic rings. The van der Waals surface area contributed by atoms with E-state index in [0.29, 0.717) is 23.2 Å². The number of benzene rings is 1. The Hall–Kier alpha value is -2.10. The lowest BCUT2D eigenvalue weighted by Crippen LogP contribution is -2.30. The van der Waals surface area contributed by atoms with Crippen LogP contribution in [0.3, 0.4) is 0 Å². The average molecular weight is 268 g/mol. The average Bonchev–Trinajstić information content (AvgIpc) is 3.18. The van der Waals surface area contributed by atoms with Gasteiger partial charge < -0.3 is 16.0 Å². The molecule has 104 valence electrons. The summed E-state index contributed by atoms with van der Waals surface area (Å²) in [6.45, 7) is 2.69. The van der Waals surface area contributed by atoms with Gasteiger partial charge in [0.05, 0.1) is 17.9 Å². The van der Waals surface area contributed by atoms with Crippen LogP contribution in [0.25, 0.3) is 0 Å². The number of hydrogen-bond donors (Lipinski definition) is 2. The highest BCUT2D eigenvalue weighted by Gasteiger charge is 2.44. The van der Waals surface area contributed by atoms with Crippen molar-refractivity contribution in [2.45, 2.75) is 13.3 Å². The molecule has 0 aromatic heterocycles. The van der Waals surface area contributed by atoms with Crippen LogP contribution in [0.15, 0.2) is 41.0 Å². The van der Waals surface area contributed by atoms with E-state index in [4.69, 9.17) is 16.1 Å². The quantitative estimate of drug-likeness (QED) is 0.828. The van der Waals surface area contributed by atoms with Gasteiger partial charge in [-0.3, -0.25) is 4.99 Å². The zero-order valence-corrected chi connectivity index (χ0v) is 11.9. The van der Waals surface area contributed by atoms with E-state index in [1.54, 1.807) is 6.08 Å². The van der Waals surface area contributed by atoms with Crippen LogP contribution in [0, 0.1) is 17.2 Å². The Kier molecular flexibility index (Phi) is 3.08. The third-order valence-electron chi connectivity index (χ3n) is 3.96. The Morgan fingerprint density at radius 1 is 1.45 bits per heavy atom. The molecule has 1 fully saturated rings. The fourth-order valence-electron chi connectivity index (χ4n) is 2.86. The van der Waals surface area contributed by atoms with Crippen LogP contribution < -0.4 is 10.6 Å². The van der Waals surface area contributed by atoms with Crippen molar-refractivity contribution in [3.63, 3.8) is 0 Å². The van der Waals surface area contributed by atoms with Crippen LogP contribution in [0.1, 0.15) is 13.3 Å². The minimum absolute atomic E-state index is 0.297. The number of anilines is 1. The van der Waals surface area contributed by atoms with Crippen LogP contribution in [-0.4, -0.2) is 25.0 Å². The fourth-order valence-corrected chi connectivity index (χ4v) is 2.86. The summed E-state index contributed by atoms with van der Waals surface area (Å²) in [5.74, 6) is 0.708. The van der Waals surface area contributed by atoms with Gasteiger partial charge in [0.25, 0.3) is 0 Å². The monoisotopic (exact) mass is 268 g/mol. The molecular formula is C16H20N4. The lowest BCUT2D eigenvalue weighted by molar-refractivity contribution is 0.965. The number of nitrogens with one attached hydrogen (secondary N) is 1. The van der Waals surface area contributed by atoms with Gasteiger partial charge in [-0.15, -0.1) is 0 Å². The molecule has 3 rings (SSSR count). The lowest BCUT2D eigenvalue weighted by atomic mass is 10.1. The Morgan fingerprint density at radius 3 is 2.95 bits per heavy atom. The number of fused-ring (bicyclic) bond motifs is 1. The minimum Gasteiger partial charge on any atom is -0.402 e. The molecule has 1 saturated carbocycles. The van der Waals surface area contributed by atoms with Crippen molar-refractivity contribution in [1.29, 1.82) is 5.41 Å². The fraction of sp³-hybridized carbons (Fsp3) is 0.375. The SMILES string of the molecule is C/C(N)=C/C(=N)[C@@H]1C[C@H]1C1=Nc2ccccc2N(C)C1. The first-order valence-electron chi connectivity index (χ1n) is 6.96. The molecule has 4 heteroatoms. The molecule has 2 atom stereocenters. The van der Waals surface area contributed by atoms with E-state index in [0.717, 1.165) is 18.7 Å². The first-order valence-corrected chi connectivity index (χ1v) is 6.96. The van der Waals surface area contributed by atoms with Crippen molar-refractivity contribution in [2.75, 3.05) is 18.5 Å². The van der Waals surface area contributed by atoms with Crippen LogP contribution in [0.5, 0.6) is 0 Å². The van der Waals surface area contributed by atoms with Crippen LogP contribution in [0.2, 0.25) is 0 Å². The van der Waals surface area contributed by atoms with Gasteiger partial charge in [0, 0.05) is 36.0 Å². The number of aliphatic imine (C=N–C) groups is 1. The van der Waals surface area contributed by atoms with Gasteiger partial charge in [-0.2, -0.15) is 0 Å². The Morgan fingerprint density at radius 2 is 2.20 bits per heavy atom. The smallest absolute Gasteiger partial charge is 0.0863 e. The summed E-state index contributed by atoms with van der Waals surface area (Å²) in [5.41, 5.74) is 10.4. The van der Waals surface area contributed by atoms with Crippen molar-refractivity contribution in [3.8, 4) is 0 Å². The van der Waals surface area contributed by atoms with Gasteiger partial charge in [-0.05, 0) is 31.6 Å². The molecule has 1 aliphatic heterocycles. The number of hydrogen-bond acceptors (Lipinski definition) is 4. The minimum atomic E-state index is 0.297. The number of allylic oxidation sites excluding steroid dienone is 2. The van der Waals surface area contributed by atoms with E-state index in [1.165, 1.54) is 11.4 Å². The highest BCUT2D eigenvalue weighted by molar-refractivity contribution is 6.06. The van der Waals surface area contributed by atoms with Crippen molar-refractivity contribution in [1.82, 2.24) is 0 Å². The highest BCUT2D eigenvalue weighted by Crippen LogP contribution is 2.44. The molecule has 0 bridgehead atoms. The Balaban J connectivity index is 1.80. The number of nitrogens with two attached hydrogens (primary N) is 1. The van der Waals surface area contributed by atoms with Crippen LogP contribution in [0.4, 0.5) is 11.4 Å². The summed E-state index contributed by atoms with van der Waals surface area (Å²) < 4.78 is 0. The molecule has 20 heavy (non-hydrogen) atoms. The molecule has 2 aliphatic rings. The maximum Gasteiger partial charge on any atom is 0.0863 e. The lowest BCUT2D eigenvalue weighted by Gasteiger charge is -2.26. The normalized spacial score (nSPS) is 25.0. The summed E-state index contributed by atoms with van der Waals surface area (Å²) in [7, 11) is 2.10. The first kappa shape index (κ1) is 12.9. The van der Waals surface area contributed by atoms with Gasteiger partial charge in [-0.1, -0.05) is 12.1 Å². The Labute approximate surface area is 119 Å². The third-order valence-corrected chi connectivity index (χ3v) is 3.96. The molecule has 1 heterocycles. The van der Waals surface area contributed by atoms with E-state index in [9.17, 15) is 0 Å². The van der Waals surface area contributed by atoms with Gasteiger partial charge in [0.15, 0.2) is 0 Å². The van der Waals surface area contributed by atoms with E-state index in [2.05, 4.69) is 24.1 Å². The molecular weight excluding hydrogens is 248 g/mol. The molecule has 3 N–H and O–H groups in total. The maximum absolute atomic E-state index is 8.06. The number of para-hydroxylation sites is 2. The van der Waals surface area contributed by atoms with Crippen molar-refractivity contribution in [3.05, 3.63) is 36.0 Å². The summed E-state index contributed by atoms with van der Waals surface area (Å²) in [4.78, 5) is 7.03. The predicted octanol–water partition coefficient (Wildman–Crippen LogP) is 2.73. The van der Waals surface area contributed by atoms with Gasteiger partial charge in [-0.25, -0.2) is 0 Å². The molecule has 0 radical (unpaired) electrons. The molecule has 0 spiro atoms. The van der Waals surface area contributed by atoms with Crippen LogP contribution >= 0.6 is 0 Å². The zero-order valence-electron chi connectivity index (χ0n) is 11.9. The van der Waals surface area contributed by atoms with Crippen molar-refractivity contribution in [2.24, 2.45) is 22.6 Å². The van der Waals surface area contributed by atoms with Crippen LogP contribution in [-0.2, 0) is 0 Å². The second-order valence-electron chi connectivity index (χ2n) is 5.74. The highest BCUT2D eigenvalue weighted by atomic mass is 15.1. The van der Waals surface area contributed by atoms with Gasteiger partial charge in [0.1, 0.15) is 0 Å².